The van der Waals surface area contributed by atoms with E-state index in [0.29, 0.717) is 17.1 Å². The standard InChI is InChI=1S/C19H19FN2O4S2/c1-3-22-18-15(26-2)5-4-6-16(18)27-19(22)21-17(23)11-12-28(24,25)14-9-7-13(20)8-10-14/h4-10H,3,11-12H2,1-2H3. The van der Waals surface area contributed by atoms with Crippen molar-refractivity contribution in [3.05, 3.63) is 53.1 Å². The van der Waals surface area contributed by atoms with Crippen molar-refractivity contribution >= 4 is 37.3 Å². The Kier molecular flexibility index (Phi) is 5.95. The molecule has 148 valence electrons. The summed E-state index contributed by atoms with van der Waals surface area (Å²) in [5, 5.41) is 0. The molecule has 0 spiro atoms. The molecule has 28 heavy (non-hydrogen) atoms. The van der Waals surface area contributed by atoms with Gasteiger partial charge in [-0.1, -0.05) is 17.4 Å². The molecule has 1 amide bonds. The maximum atomic E-state index is 13.0. The number of thiazole rings is 1. The van der Waals surface area contributed by atoms with Crippen LogP contribution in [0.1, 0.15) is 13.3 Å². The predicted molar refractivity (Wildman–Crippen MR) is 106 cm³/mol. The lowest BCUT2D eigenvalue weighted by Crippen LogP contribution is -2.17. The second-order valence-electron chi connectivity index (χ2n) is 5.96. The third-order valence-electron chi connectivity index (χ3n) is 4.18. The molecule has 3 aromatic rings. The third kappa shape index (κ3) is 4.15. The summed E-state index contributed by atoms with van der Waals surface area (Å²) < 4.78 is 45.8. The van der Waals surface area contributed by atoms with Gasteiger partial charge >= 0.3 is 0 Å². The van der Waals surface area contributed by atoms with Crippen molar-refractivity contribution in [1.29, 1.82) is 0 Å². The highest BCUT2D eigenvalue weighted by Crippen LogP contribution is 2.27. The number of amides is 1. The molecule has 0 atom stereocenters. The minimum atomic E-state index is -3.69. The highest BCUT2D eigenvalue weighted by Gasteiger charge is 2.17. The molecule has 3 rings (SSSR count). The Labute approximate surface area is 165 Å². The van der Waals surface area contributed by atoms with E-state index in [1.54, 1.807) is 7.11 Å². The number of hydrogen-bond donors (Lipinski definition) is 0. The van der Waals surface area contributed by atoms with E-state index in [1.807, 2.05) is 29.7 Å². The first-order valence-corrected chi connectivity index (χ1v) is 11.0. The molecular formula is C19H19FN2O4S2. The molecule has 0 unspecified atom stereocenters. The Morgan fingerprint density at radius 2 is 1.93 bits per heavy atom. The van der Waals surface area contributed by atoms with E-state index in [0.717, 1.165) is 22.3 Å². The van der Waals surface area contributed by atoms with Gasteiger partial charge in [0.1, 0.15) is 17.1 Å². The highest BCUT2D eigenvalue weighted by atomic mass is 32.2. The summed E-state index contributed by atoms with van der Waals surface area (Å²) in [6.07, 6.45) is -0.255. The first kappa shape index (κ1) is 20.2. The fourth-order valence-corrected chi connectivity index (χ4v) is 5.14. The first-order chi connectivity index (χ1) is 13.4. The predicted octanol–water partition coefficient (Wildman–Crippen LogP) is 3.16. The molecule has 0 aliphatic carbocycles. The van der Waals surface area contributed by atoms with Crippen LogP contribution in [0.4, 0.5) is 4.39 Å². The van der Waals surface area contributed by atoms with Crippen molar-refractivity contribution in [2.24, 2.45) is 4.99 Å². The average molecular weight is 423 g/mol. The monoisotopic (exact) mass is 422 g/mol. The number of halogens is 1. The van der Waals surface area contributed by atoms with E-state index in [1.165, 1.54) is 23.5 Å². The molecule has 0 fully saturated rings. The van der Waals surface area contributed by atoms with E-state index in [4.69, 9.17) is 4.74 Å². The van der Waals surface area contributed by atoms with Gasteiger partial charge in [0, 0.05) is 13.0 Å². The number of nitrogens with zero attached hydrogens (tertiary/aromatic N) is 2. The first-order valence-electron chi connectivity index (χ1n) is 8.58. The lowest BCUT2D eigenvalue weighted by atomic mass is 10.3. The van der Waals surface area contributed by atoms with Crippen LogP contribution in [-0.4, -0.2) is 31.8 Å². The van der Waals surface area contributed by atoms with Crippen LogP contribution < -0.4 is 9.54 Å². The smallest absolute Gasteiger partial charge is 0.249 e. The Bertz CT molecular complexity index is 1180. The van der Waals surface area contributed by atoms with Crippen molar-refractivity contribution < 1.29 is 22.3 Å². The number of aryl methyl sites for hydroxylation is 1. The van der Waals surface area contributed by atoms with Gasteiger partial charge < -0.3 is 9.30 Å². The summed E-state index contributed by atoms with van der Waals surface area (Å²) >= 11 is 1.34. The number of aromatic nitrogens is 1. The summed E-state index contributed by atoms with van der Waals surface area (Å²) in [7, 11) is -2.11. The van der Waals surface area contributed by atoms with Gasteiger partial charge in [-0.2, -0.15) is 4.99 Å². The molecule has 1 aromatic heterocycles. The zero-order valence-electron chi connectivity index (χ0n) is 15.4. The normalized spacial score (nSPS) is 12.5. The Balaban J connectivity index is 1.86. The van der Waals surface area contributed by atoms with E-state index in [-0.39, 0.29) is 17.1 Å². The van der Waals surface area contributed by atoms with Crippen molar-refractivity contribution in [1.82, 2.24) is 4.57 Å². The lowest BCUT2D eigenvalue weighted by molar-refractivity contribution is -0.117. The van der Waals surface area contributed by atoms with Crippen molar-refractivity contribution in [3.63, 3.8) is 0 Å². The number of ether oxygens (including phenoxy) is 1. The fourth-order valence-electron chi connectivity index (χ4n) is 2.78. The Hall–Kier alpha value is -2.52. The average Bonchev–Trinajstić information content (AvgIpc) is 3.03. The molecule has 9 heteroatoms. The number of carbonyl (C=O) groups excluding carboxylic acids is 1. The van der Waals surface area contributed by atoms with Crippen molar-refractivity contribution in [2.45, 2.75) is 24.8 Å². The molecule has 0 aliphatic heterocycles. The van der Waals surface area contributed by atoms with Crippen LogP contribution in [0.25, 0.3) is 10.2 Å². The molecule has 0 bridgehead atoms. The van der Waals surface area contributed by atoms with Crippen LogP contribution in [-0.2, 0) is 21.2 Å². The summed E-state index contributed by atoms with van der Waals surface area (Å²) in [6, 6.07) is 10.1. The van der Waals surface area contributed by atoms with Gasteiger partial charge in [-0.25, -0.2) is 12.8 Å². The Morgan fingerprint density at radius 3 is 2.57 bits per heavy atom. The second kappa shape index (κ2) is 8.24. The van der Waals surface area contributed by atoms with Gasteiger partial charge in [0.15, 0.2) is 14.6 Å². The van der Waals surface area contributed by atoms with Gasteiger partial charge in [-0.3, -0.25) is 4.79 Å². The molecule has 0 aliphatic rings. The zero-order chi connectivity index (χ0) is 20.3. The zero-order valence-corrected chi connectivity index (χ0v) is 17.0. The summed E-state index contributed by atoms with van der Waals surface area (Å²) in [6.45, 7) is 2.52. The van der Waals surface area contributed by atoms with Gasteiger partial charge in [0.05, 0.1) is 22.5 Å². The number of sulfone groups is 1. The molecule has 0 saturated carbocycles. The third-order valence-corrected chi connectivity index (χ3v) is 6.95. The largest absolute Gasteiger partial charge is 0.495 e. The van der Waals surface area contributed by atoms with Gasteiger partial charge in [0.25, 0.3) is 0 Å². The fraction of sp³-hybridized carbons (Fsp3) is 0.263. The van der Waals surface area contributed by atoms with Crippen LogP contribution in [0.3, 0.4) is 0 Å². The molecule has 1 heterocycles. The second-order valence-corrected chi connectivity index (χ2v) is 9.08. The van der Waals surface area contributed by atoms with Crippen molar-refractivity contribution in [3.8, 4) is 5.75 Å². The number of methoxy groups -OCH3 is 1. The summed E-state index contributed by atoms with van der Waals surface area (Å²) in [5.41, 5.74) is 0.850. The highest BCUT2D eigenvalue weighted by molar-refractivity contribution is 7.91. The molecule has 0 radical (unpaired) electrons. The molecule has 0 N–H and O–H groups in total. The van der Waals surface area contributed by atoms with Crippen LogP contribution >= 0.6 is 11.3 Å². The molecular weight excluding hydrogens is 403 g/mol. The molecule has 0 saturated heterocycles. The number of benzene rings is 2. The maximum absolute atomic E-state index is 13.0. The Morgan fingerprint density at radius 1 is 1.21 bits per heavy atom. The number of carbonyl (C=O) groups is 1. The van der Waals surface area contributed by atoms with Gasteiger partial charge in [-0.05, 0) is 43.3 Å². The van der Waals surface area contributed by atoms with E-state index < -0.39 is 21.6 Å². The summed E-state index contributed by atoms with van der Waals surface area (Å²) in [5.74, 6) is -0.752. The van der Waals surface area contributed by atoms with Crippen LogP contribution in [0.15, 0.2) is 52.4 Å². The van der Waals surface area contributed by atoms with Crippen LogP contribution in [0, 0.1) is 5.82 Å². The number of fused-ring (bicyclic) bond motifs is 1. The van der Waals surface area contributed by atoms with Crippen LogP contribution in [0.2, 0.25) is 0 Å². The van der Waals surface area contributed by atoms with Gasteiger partial charge in [-0.15, -0.1) is 0 Å². The number of hydrogen-bond acceptors (Lipinski definition) is 5. The van der Waals surface area contributed by atoms with E-state index in [2.05, 4.69) is 4.99 Å². The van der Waals surface area contributed by atoms with E-state index >= 15 is 0 Å². The number of rotatable bonds is 6. The maximum Gasteiger partial charge on any atom is 0.249 e. The molecule has 6 nitrogen and oxygen atoms in total. The minimum Gasteiger partial charge on any atom is -0.495 e. The topological polar surface area (TPSA) is 77.7 Å². The lowest BCUT2D eigenvalue weighted by Gasteiger charge is -2.05. The minimum absolute atomic E-state index is 0.0167. The molecule has 2 aromatic carbocycles. The quantitative estimate of drug-likeness (QED) is 0.572. The number of para-hydroxylation sites is 1. The van der Waals surface area contributed by atoms with Gasteiger partial charge in [0.2, 0.25) is 5.91 Å². The van der Waals surface area contributed by atoms with Crippen LogP contribution in [0.5, 0.6) is 5.75 Å². The van der Waals surface area contributed by atoms with E-state index in [9.17, 15) is 17.6 Å². The summed E-state index contributed by atoms with van der Waals surface area (Å²) in [4.78, 5) is 16.9. The SMILES string of the molecule is CCn1c(=NC(=O)CCS(=O)(=O)c2ccc(F)cc2)sc2cccc(OC)c21. The van der Waals surface area contributed by atoms with Crippen molar-refractivity contribution in [2.75, 3.05) is 12.9 Å².